The van der Waals surface area contributed by atoms with Gasteiger partial charge in [0.05, 0.1) is 4.90 Å². The zero-order chi connectivity index (χ0) is 18.0. The molecule has 132 valence electrons. The molecule has 0 unspecified atom stereocenters. The van der Waals surface area contributed by atoms with Crippen LogP contribution in [0.25, 0.3) is 0 Å². The average Bonchev–Trinajstić information content (AvgIpc) is 3.04. The number of nitrogens with zero attached hydrogens (tertiary/aromatic N) is 1. The summed E-state index contributed by atoms with van der Waals surface area (Å²) in [5.41, 5.74) is 9.29. The number of carbonyl (C=O) groups excluding carboxylic acids is 1. The van der Waals surface area contributed by atoms with Gasteiger partial charge in [-0.2, -0.15) is 0 Å². The fraction of sp³-hybridized carbons (Fsp3) is 0.278. The van der Waals surface area contributed by atoms with Crippen molar-refractivity contribution in [2.75, 3.05) is 0 Å². The molecule has 25 heavy (non-hydrogen) atoms. The summed E-state index contributed by atoms with van der Waals surface area (Å²) in [5, 5.41) is 0. The van der Waals surface area contributed by atoms with Crippen LogP contribution in [-0.4, -0.2) is 19.2 Å². The Morgan fingerprint density at radius 1 is 1.12 bits per heavy atom. The smallest absolute Gasteiger partial charge is 0.240 e. The molecule has 0 aliphatic carbocycles. The van der Waals surface area contributed by atoms with Crippen LogP contribution in [0.4, 0.5) is 0 Å². The number of hydrogen-bond acceptors (Lipinski definition) is 4. The van der Waals surface area contributed by atoms with Gasteiger partial charge in [0.2, 0.25) is 15.9 Å². The van der Waals surface area contributed by atoms with E-state index in [0.29, 0.717) is 19.6 Å². The summed E-state index contributed by atoms with van der Waals surface area (Å²) in [6.45, 7) is 3.11. The summed E-state index contributed by atoms with van der Waals surface area (Å²) in [6, 6.07) is 12.5. The van der Waals surface area contributed by atoms with Crippen LogP contribution in [0, 0.1) is 0 Å². The van der Waals surface area contributed by atoms with Gasteiger partial charge in [0.25, 0.3) is 0 Å². The fourth-order valence-corrected chi connectivity index (χ4v) is 3.96. The van der Waals surface area contributed by atoms with Crippen LogP contribution in [0.2, 0.25) is 0 Å². The highest BCUT2D eigenvalue weighted by Gasteiger charge is 2.23. The third-order valence-electron chi connectivity index (χ3n) is 4.35. The van der Waals surface area contributed by atoms with E-state index >= 15 is 0 Å². The SMILES string of the molecule is CC(=O)N1Cc2ccc(S(=O)(=O)NCc3cccc(CN)c3)cc2C1. The largest absolute Gasteiger partial charge is 0.334 e. The molecule has 0 atom stereocenters. The molecule has 7 heteroatoms. The van der Waals surface area contributed by atoms with Gasteiger partial charge in [0, 0.05) is 33.1 Å². The number of hydrogen-bond donors (Lipinski definition) is 2. The maximum atomic E-state index is 12.6. The van der Waals surface area contributed by atoms with E-state index in [-0.39, 0.29) is 17.3 Å². The number of nitrogens with one attached hydrogen (secondary N) is 1. The summed E-state index contributed by atoms with van der Waals surface area (Å²) in [5.74, 6) is -0.0153. The first-order valence-electron chi connectivity index (χ1n) is 8.04. The van der Waals surface area contributed by atoms with Gasteiger partial charge in [-0.25, -0.2) is 13.1 Å². The molecule has 0 radical (unpaired) electrons. The molecule has 1 amide bonds. The van der Waals surface area contributed by atoms with Gasteiger partial charge in [0.15, 0.2) is 0 Å². The molecule has 0 saturated carbocycles. The fourth-order valence-electron chi connectivity index (χ4n) is 2.89. The Hall–Kier alpha value is -2.22. The van der Waals surface area contributed by atoms with Gasteiger partial charge in [-0.15, -0.1) is 0 Å². The van der Waals surface area contributed by atoms with Crippen molar-refractivity contribution in [1.82, 2.24) is 9.62 Å². The molecule has 2 aromatic rings. The third kappa shape index (κ3) is 3.89. The average molecular weight is 359 g/mol. The van der Waals surface area contributed by atoms with Gasteiger partial charge in [-0.1, -0.05) is 30.3 Å². The topological polar surface area (TPSA) is 92.5 Å². The Labute approximate surface area is 147 Å². The van der Waals surface area contributed by atoms with Gasteiger partial charge < -0.3 is 10.6 Å². The van der Waals surface area contributed by atoms with Crippen LogP contribution in [0.1, 0.15) is 29.2 Å². The number of nitrogens with two attached hydrogens (primary N) is 1. The van der Waals surface area contributed by atoms with Crippen LogP contribution in [0.3, 0.4) is 0 Å². The predicted octanol–water partition coefficient (Wildman–Crippen LogP) is 1.49. The number of rotatable bonds is 5. The van der Waals surface area contributed by atoms with E-state index in [2.05, 4.69) is 4.72 Å². The van der Waals surface area contributed by atoms with Crippen LogP contribution in [-0.2, 0) is 41.0 Å². The summed E-state index contributed by atoms with van der Waals surface area (Å²) >= 11 is 0. The minimum Gasteiger partial charge on any atom is -0.334 e. The Kier molecular flexibility index (Phi) is 4.89. The molecule has 6 nitrogen and oxygen atoms in total. The molecule has 1 heterocycles. The normalized spacial score (nSPS) is 13.8. The second kappa shape index (κ2) is 6.95. The summed E-state index contributed by atoms with van der Waals surface area (Å²) in [6.07, 6.45) is 0. The van der Waals surface area contributed by atoms with Gasteiger partial charge in [0.1, 0.15) is 0 Å². The highest BCUT2D eigenvalue weighted by atomic mass is 32.2. The molecule has 0 saturated heterocycles. The van der Waals surface area contributed by atoms with E-state index in [9.17, 15) is 13.2 Å². The highest BCUT2D eigenvalue weighted by Crippen LogP contribution is 2.25. The molecule has 1 aliphatic heterocycles. The Bertz CT molecular complexity index is 910. The standard InChI is InChI=1S/C18H21N3O3S/c1-13(22)21-11-16-5-6-18(8-17(16)12-21)25(23,24)20-10-15-4-2-3-14(7-15)9-19/h2-8,20H,9-12,19H2,1H3. The lowest BCUT2D eigenvalue weighted by Gasteiger charge is -2.11. The minimum atomic E-state index is -3.62. The molecule has 3 N–H and O–H groups in total. The lowest BCUT2D eigenvalue weighted by atomic mass is 10.1. The molecule has 0 aromatic heterocycles. The van der Waals surface area contributed by atoms with Crippen molar-refractivity contribution >= 4 is 15.9 Å². The predicted molar refractivity (Wildman–Crippen MR) is 94.7 cm³/mol. The Morgan fingerprint density at radius 2 is 1.84 bits per heavy atom. The van der Waals surface area contributed by atoms with Crippen molar-refractivity contribution in [2.45, 2.75) is 38.0 Å². The van der Waals surface area contributed by atoms with Crippen molar-refractivity contribution in [1.29, 1.82) is 0 Å². The van der Waals surface area contributed by atoms with Crippen LogP contribution >= 0.6 is 0 Å². The van der Waals surface area contributed by atoms with E-state index in [1.54, 1.807) is 23.1 Å². The van der Waals surface area contributed by atoms with Crippen molar-refractivity contribution in [3.63, 3.8) is 0 Å². The van der Waals surface area contributed by atoms with Gasteiger partial charge >= 0.3 is 0 Å². The van der Waals surface area contributed by atoms with Gasteiger partial charge in [-0.3, -0.25) is 4.79 Å². The molecule has 2 aromatic carbocycles. The first-order chi connectivity index (χ1) is 11.9. The summed E-state index contributed by atoms with van der Waals surface area (Å²) in [7, 11) is -3.62. The maximum absolute atomic E-state index is 12.6. The van der Waals surface area contributed by atoms with Crippen molar-refractivity contribution < 1.29 is 13.2 Å². The summed E-state index contributed by atoms with van der Waals surface area (Å²) < 4.78 is 27.7. The zero-order valence-electron chi connectivity index (χ0n) is 14.0. The monoisotopic (exact) mass is 359 g/mol. The Morgan fingerprint density at radius 3 is 2.56 bits per heavy atom. The van der Waals surface area contributed by atoms with Crippen LogP contribution in [0.15, 0.2) is 47.4 Å². The Balaban J connectivity index is 1.75. The quantitative estimate of drug-likeness (QED) is 0.846. The molecule has 0 fully saturated rings. The molecular formula is C18H21N3O3S. The third-order valence-corrected chi connectivity index (χ3v) is 5.75. The van der Waals surface area contributed by atoms with Crippen LogP contribution in [0.5, 0.6) is 0 Å². The lowest BCUT2D eigenvalue weighted by molar-refractivity contribution is -0.129. The summed E-state index contributed by atoms with van der Waals surface area (Å²) in [4.78, 5) is 13.4. The maximum Gasteiger partial charge on any atom is 0.240 e. The van der Waals surface area contributed by atoms with Crippen LogP contribution < -0.4 is 10.5 Å². The first kappa shape index (κ1) is 17.6. The minimum absolute atomic E-state index is 0.0153. The van der Waals surface area contributed by atoms with Crippen molar-refractivity contribution in [3.05, 3.63) is 64.7 Å². The number of amides is 1. The van der Waals surface area contributed by atoms with E-state index in [1.165, 1.54) is 6.92 Å². The van der Waals surface area contributed by atoms with E-state index in [1.807, 2.05) is 24.3 Å². The number of fused-ring (bicyclic) bond motifs is 1. The number of benzene rings is 2. The molecule has 3 rings (SSSR count). The lowest BCUT2D eigenvalue weighted by Crippen LogP contribution is -2.23. The van der Waals surface area contributed by atoms with E-state index < -0.39 is 10.0 Å². The molecule has 1 aliphatic rings. The molecule has 0 spiro atoms. The molecule has 0 bridgehead atoms. The second-order valence-electron chi connectivity index (χ2n) is 6.15. The van der Waals surface area contributed by atoms with Crippen molar-refractivity contribution in [3.8, 4) is 0 Å². The zero-order valence-corrected chi connectivity index (χ0v) is 14.8. The second-order valence-corrected chi connectivity index (χ2v) is 7.92. The van der Waals surface area contributed by atoms with Crippen molar-refractivity contribution in [2.24, 2.45) is 5.73 Å². The number of carbonyl (C=O) groups is 1. The van der Waals surface area contributed by atoms with E-state index in [0.717, 1.165) is 22.3 Å². The first-order valence-corrected chi connectivity index (χ1v) is 9.52. The van der Waals surface area contributed by atoms with E-state index in [4.69, 9.17) is 5.73 Å². The van der Waals surface area contributed by atoms with Gasteiger partial charge in [-0.05, 0) is 34.4 Å². The molecular weight excluding hydrogens is 338 g/mol. The highest BCUT2D eigenvalue weighted by molar-refractivity contribution is 7.89. The number of sulfonamides is 1.